The SMILES string of the molecule is COCC(C)CN=C(N)NC(C)C. The maximum Gasteiger partial charge on any atom is 0.188 e. The van der Waals surface area contributed by atoms with E-state index in [1.807, 2.05) is 13.8 Å². The second-order valence-electron chi connectivity index (χ2n) is 3.59. The van der Waals surface area contributed by atoms with Crippen LogP contribution in [0.3, 0.4) is 0 Å². The van der Waals surface area contributed by atoms with Crippen LogP contribution in [0.2, 0.25) is 0 Å². The van der Waals surface area contributed by atoms with E-state index in [-0.39, 0.29) is 0 Å². The van der Waals surface area contributed by atoms with Crippen LogP contribution in [-0.4, -0.2) is 32.3 Å². The molecule has 0 amide bonds. The second kappa shape index (κ2) is 6.71. The van der Waals surface area contributed by atoms with Crippen molar-refractivity contribution in [3.63, 3.8) is 0 Å². The predicted octanol–water partition coefficient (Wildman–Crippen LogP) is 0.582. The van der Waals surface area contributed by atoms with Crippen LogP contribution in [0.5, 0.6) is 0 Å². The van der Waals surface area contributed by atoms with Crippen molar-refractivity contribution in [2.45, 2.75) is 26.8 Å². The Kier molecular flexibility index (Phi) is 6.32. The molecule has 0 aliphatic rings. The minimum Gasteiger partial charge on any atom is -0.384 e. The van der Waals surface area contributed by atoms with Gasteiger partial charge in [0.05, 0.1) is 6.61 Å². The molecule has 0 aromatic carbocycles. The van der Waals surface area contributed by atoms with Crippen LogP contribution < -0.4 is 11.1 Å². The Morgan fingerprint density at radius 1 is 1.46 bits per heavy atom. The normalized spacial score (nSPS) is 14.7. The number of nitrogens with zero attached hydrogens (tertiary/aromatic N) is 1. The molecule has 1 unspecified atom stereocenters. The molecule has 0 heterocycles. The first-order valence-electron chi connectivity index (χ1n) is 4.61. The smallest absolute Gasteiger partial charge is 0.188 e. The van der Waals surface area contributed by atoms with E-state index in [2.05, 4.69) is 17.2 Å². The van der Waals surface area contributed by atoms with Crippen molar-refractivity contribution in [1.29, 1.82) is 0 Å². The highest BCUT2D eigenvalue weighted by atomic mass is 16.5. The molecule has 0 aliphatic carbocycles. The number of guanidine groups is 1. The molecule has 0 aromatic rings. The van der Waals surface area contributed by atoms with E-state index in [1.165, 1.54) is 0 Å². The third kappa shape index (κ3) is 7.59. The second-order valence-corrected chi connectivity index (χ2v) is 3.59. The zero-order valence-electron chi connectivity index (χ0n) is 9.00. The number of ether oxygens (including phenoxy) is 1. The molecule has 0 saturated carbocycles. The van der Waals surface area contributed by atoms with E-state index in [0.717, 1.165) is 6.61 Å². The molecule has 0 aromatic heterocycles. The van der Waals surface area contributed by atoms with Gasteiger partial charge in [-0.2, -0.15) is 0 Å². The van der Waals surface area contributed by atoms with Gasteiger partial charge in [-0.15, -0.1) is 0 Å². The minimum absolute atomic E-state index is 0.335. The summed E-state index contributed by atoms with van der Waals surface area (Å²) < 4.78 is 4.99. The Morgan fingerprint density at radius 3 is 2.54 bits per heavy atom. The maximum atomic E-state index is 5.62. The van der Waals surface area contributed by atoms with E-state index in [4.69, 9.17) is 10.5 Å². The molecular formula is C9H21N3O. The van der Waals surface area contributed by atoms with Crippen LogP contribution in [0.15, 0.2) is 4.99 Å². The molecule has 0 rings (SSSR count). The third-order valence-corrected chi connectivity index (χ3v) is 1.46. The lowest BCUT2D eigenvalue weighted by Gasteiger charge is -2.10. The predicted molar refractivity (Wildman–Crippen MR) is 55.8 cm³/mol. The maximum absolute atomic E-state index is 5.62. The van der Waals surface area contributed by atoms with Gasteiger partial charge in [0.15, 0.2) is 5.96 Å². The molecule has 13 heavy (non-hydrogen) atoms. The Morgan fingerprint density at radius 2 is 2.08 bits per heavy atom. The Hall–Kier alpha value is -0.770. The molecular weight excluding hydrogens is 166 g/mol. The van der Waals surface area contributed by atoms with E-state index in [1.54, 1.807) is 7.11 Å². The average Bonchev–Trinajstić information content (AvgIpc) is 2.00. The lowest BCUT2D eigenvalue weighted by molar-refractivity contribution is 0.163. The number of rotatable bonds is 5. The van der Waals surface area contributed by atoms with Gasteiger partial charge in [-0.25, -0.2) is 0 Å². The highest BCUT2D eigenvalue weighted by Gasteiger charge is 2.00. The van der Waals surface area contributed by atoms with Gasteiger partial charge in [0.2, 0.25) is 0 Å². The van der Waals surface area contributed by atoms with Crippen molar-refractivity contribution in [2.75, 3.05) is 20.3 Å². The van der Waals surface area contributed by atoms with Crippen molar-refractivity contribution in [3.8, 4) is 0 Å². The number of hydrogen-bond acceptors (Lipinski definition) is 2. The summed E-state index contributed by atoms with van der Waals surface area (Å²) in [5.41, 5.74) is 5.62. The molecule has 0 bridgehead atoms. The number of nitrogens with one attached hydrogen (secondary N) is 1. The lowest BCUT2D eigenvalue weighted by atomic mass is 10.2. The molecule has 0 saturated heterocycles. The highest BCUT2D eigenvalue weighted by Crippen LogP contribution is 1.94. The summed E-state index contributed by atoms with van der Waals surface area (Å²) in [6.07, 6.45) is 0. The lowest BCUT2D eigenvalue weighted by Crippen LogP contribution is -2.37. The van der Waals surface area contributed by atoms with Crippen molar-refractivity contribution < 1.29 is 4.74 Å². The van der Waals surface area contributed by atoms with Gasteiger partial charge in [0.25, 0.3) is 0 Å². The molecule has 1 atom stereocenters. The van der Waals surface area contributed by atoms with Crippen molar-refractivity contribution in [3.05, 3.63) is 0 Å². The van der Waals surface area contributed by atoms with Crippen LogP contribution in [-0.2, 0) is 4.74 Å². The summed E-state index contributed by atoms with van der Waals surface area (Å²) in [5.74, 6) is 0.926. The molecule has 78 valence electrons. The molecule has 0 spiro atoms. The van der Waals surface area contributed by atoms with Crippen LogP contribution in [0.4, 0.5) is 0 Å². The van der Waals surface area contributed by atoms with Crippen molar-refractivity contribution >= 4 is 5.96 Å². The topological polar surface area (TPSA) is 59.6 Å². The fraction of sp³-hybridized carbons (Fsp3) is 0.889. The van der Waals surface area contributed by atoms with E-state index in [0.29, 0.717) is 24.5 Å². The van der Waals surface area contributed by atoms with Gasteiger partial charge < -0.3 is 15.8 Å². The Balaban J connectivity index is 3.68. The third-order valence-electron chi connectivity index (χ3n) is 1.46. The first-order chi connectivity index (χ1) is 6.06. The van der Waals surface area contributed by atoms with Crippen LogP contribution >= 0.6 is 0 Å². The average molecular weight is 187 g/mol. The summed E-state index contributed by atoms with van der Waals surface area (Å²) in [7, 11) is 1.69. The van der Waals surface area contributed by atoms with Crippen LogP contribution in [0, 0.1) is 5.92 Å². The largest absolute Gasteiger partial charge is 0.384 e. The van der Waals surface area contributed by atoms with Crippen LogP contribution in [0.1, 0.15) is 20.8 Å². The van der Waals surface area contributed by atoms with Gasteiger partial charge in [-0.1, -0.05) is 6.92 Å². The van der Waals surface area contributed by atoms with Gasteiger partial charge in [0, 0.05) is 19.7 Å². The van der Waals surface area contributed by atoms with Crippen LogP contribution in [0.25, 0.3) is 0 Å². The fourth-order valence-electron chi connectivity index (χ4n) is 0.933. The highest BCUT2D eigenvalue weighted by molar-refractivity contribution is 5.78. The molecule has 0 fully saturated rings. The van der Waals surface area contributed by atoms with Gasteiger partial charge in [-0.05, 0) is 19.8 Å². The molecule has 4 nitrogen and oxygen atoms in total. The molecule has 4 heteroatoms. The number of hydrogen-bond donors (Lipinski definition) is 2. The summed E-state index contributed by atoms with van der Waals surface area (Å²) in [6.45, 7) is 7.56. The first-order valence-corrected chi connectivity index (χ1v) is 4.61. The number of nitrogens with two attached hydrogens (primary N) is 1. The standard InChI is InChI=1S/C9H21N3O/c1-7(2)12-9(10)11-5-8(3)6-13-4/h7-8H,5-6H2,1-4H3,(H3,10,11,12). The minimum atomic E-state index is 0.335. The summed E-state index contributed by atoms with van der Waals surface area (Å²) >= 11 is 0. The monoisotopic (exact) mass is 187 g/mol. The molecule has 0 aliphatic heterocycles. The van der Waals surface area contributed by atoms with Gasteiger partial charge >= 0.3 is 0 Å². The summed E-state index contributed by atoms with van der Waals surface area (Å²) in [6, 6.07) is 0.335. The van der Waals surface area contributed by atoms with Gasteiger partial charge in [0.1, 0.15) is 0 Å². The van der Waals surface area contributed by atoms with Gasteiger partial charge in [-0.3, -0.25) is 4.99 Å². The van der Waals surface area contributed by atoms with E-state index >= 15 is 0 Å². The number of methoxy groups -OCH3 is 1. The van der Waals surface area contributed by atoms with Crippen molar-refractivity contribution in [1.82, 2.24) is 5.32 Å². The van der Waals surface area contributed by atoms with E-state index in [9.17, 15) is 0 Å². The first kappa shape index (κ1) is 12.2. The van der Waals surface area contributed by atoms with Crippen molar-refractivity contribution in [2.24, 2.45) is 16.6 Å². The number of aliphatic imine (C=N–C) groups is 1. The van der Waals surface area contributed by atoms with E-state index < -0.39 is 0 Å². The summed E-state index contributed by atoms with van der Waals surface area (Å²) in [5, 5.41) is 3.03. The molecule has 3 N–H and O–H groups in total. The Labute approximate surface area is 80.6 Å². The fourth-order valence-corrected chi connectivity index (χ4v) is 0.933. The quantitative estimate of drug-likeness (QED) is 0.489. The summed E-state index contributed by atoms with van der Waals surface area (Å²) in [4.78, 5) is 4.19. The molecule has 0 radical (unpaired) electrons. The zero-order valence-corrected chi connectivity index (χ0v) is 9.00. The zero-order chi connectivity index (χ0) is 10.3. The Bertz CT molecular complexity index is 157.